The van der Waals surface area contributed by atoms with Gasteiger partial charge in [-0.1, -0.05) is 18.2 Å². The van der Waals surface area contributed by atoms with Crippen molar-refractivity contribution >= 4 is 5.91 Å². The van der Waals surface area contributed by atoms with E-state index in [-0.39, 0.29) is 24.6 Å². The summed E-state index contributed by atoms with van der Waals surface area (Å²) in [4.78, 5) is 13.0. The molecule has 0 bridgehead atoms. The molecule has 1 fully saturated rings. The molecule has 4 nitrogen and oxygen atoms in total. The summed E-state index contributed by atoms with van der Waals surface area (Å²) in [5.74, 6) is -0.132. The molecule has 1 heterocycles. The van der Waals surface area contributed by atoms with Crippen LogP contribution in [0, 0.1) is 0 Å². The molecule has 0 aliphatic carbocycles. The van der Waals surface area contributed by atoms with Crippen molar-refractivity contribution in [1.29, 1.82) is 0 Å². The highest BCUT2D eigenvalue weighted by Gasteiger charge is 2.34. The number of halogens is 3. The smallest absolute Gasteiger partial charge is 0.354 e. The van der Waals surface area contributed by atoms with Gasteiger partial charge in [-0.3, -0.25) is 9.69 Å². The third-order valence-electron chi connectivity index (χ3n) is 3.24. The van der Waals surface area contributed by atoms with E-state index in [2.05, 4.69) is 5.32 Å². The van der Waals surface area contributed by atoms with E-state index in [4.69, 9.17) is 5.73 Å². The Morgan fingerprint density at radius 1 is 1.35 bits per heavy atom. The Balaban J connectivity index is 2.13. The maximum absolute atomic E-state index is 12.9. The summed E-state index contributed by atoms with van der Waals surface area (Å²) < 4.78 is 38.7. The van der Waals surface area contributed by atoms with E-state index in [9.17, 15) is 18.0 Å². The fourth-order valence-corrected chi connectivity index (χ4v) is 2.30. The van der Waals surface area contributed by atoms with Crippen molar-refractivity contribution in [2.45, 2.75) is 12.2 Å². The molecule has 1 amide bonds. The molecule has 7 heteroatoms. The lowest BCUT2D eigenvalue weighted by atomic mass is 10.00. The minimum Gasteiger partial charge on any atom is -0.354 e. The number of rotatable bonds is 3. The van der Waals surface area contributed by atoms with E-state index in [0.29, 0.717) is 13.1 Å². The number of hydrogen-bond donors (Lipinski definition) is 2. The van der Waals surface area contributed by atoms with Crippen molar-refractivity contribution < 1.29 is 18.0 Å². The highest BCUT2D eigenvalue weighted by atomic mass is 19.4. The lowest BCUT2D eigenvalue weighted by Crippen LogP contribution is -2.49. The highest BCUT2D eigenvalue weighted by Crippen LogP contribution is 2.34. The second-order valence-corrected chi connectivity index (χ2v) is 4.78. The first-order chi connectivity index (χ1) is 9.38. The van der Waals surface area contributed by atoms with Crippen molar-refractivity contribution in [3.05, 3.63) is 35.4 Å². The predicted molar refractivity (Wildman–Crippen MR) is 67.8 cm³/mol. The second-order valence-electron chi connectivity index (χ2n) is 4.78. The second kappa shape index (κ2) is 5.80. The monoisotopic (exact) mass is 287 g/mol. The molecular weight excluding hydrogens is 271 g/mol. The van der Waals surface area contributed by atoms with Crippen LogP contribution in [-0.4, -0.2) is 37.0 Å². The van der Waals surface area contributed by atoms with Crippen LogP contribution in [0.15, 0.2) is 24.3 Å². The van der Waals surface area contributed by atoms with Gasteiger partial charge in [-0.2, -0.15) is 13.2 Å². The average molecular weight is 287 g/mol. The zero-order chi connectivity index (χ0) is 14.8. The fraction of sp³-hybridized carbons (Fsp3) is 0.462. The van der Waals surface area contributed by atoms with E-state index in [1.165, 1.54) is 18.2 Å². The molecule has 1 aromatic rings. The van der Waals surface area contributed by atoms with Crippen molar-refractivity contribution in [1.82, 2.24) is 10.2 Å². The first-order valence-corrected chi connectivity index (χ1v) is 6.28. The van der Waals surface area contributed by atoms with Gasteiger partial charge < -0.3 is 11.1 Å². The number of nitrogens with two attached hydrogens (primary N) is 1. The van der Waals surface area contributed by atoms with Crippen molar-refractivity contribution in [2.24, 2.45) is 5.73 Å². The summed E-state index contributed by atoms with van der Waals surface area (Å²) >= 11 is 0. The summed E-state index contributed by atoms with van der Waals surface area (Å²) in [7, 11) is 0. The number of nitrogens with one attached hydrogen (secondary N) is 1. The highest BCUT2D eigenvalue weighted by molar-refractivity contribution is 5.78. The molecule has 1 saturated heterocycles. The number of nitrogens with zero attached hydrogens (tertiary/aromatic N) is 1. The van der Waals surface area contributed by atoms with Crippen molar-refractivity contribution in [3.8, 4) is 0 Å². The van der Waals surface area contributed by atoms with Gasteiger partial charge >= 0.3 is 6.18 Å². The molecule has 1 aliphatic rings. The number of carbonyl (C=O) groups is 1. The van der Waals surface area contributed by atoms with E-state index in [1.807, 2.05) is 0 Å². The number of benzene rings is 1. The molecule has 1 unspecified atom stereocenters. The maximum Gasteiger partial charge on any atom is 0.416 e. The number of alkyl halides is 3. The van der Waals surface area contributed by atoms with E-state index < -0.39 is 17.8 Å². The van der Waals surface area contributed by atoms with Crippen LogP contribution in [0.3, 0.4) is 0 Å². The minimum atomic E-state index is -4.42. The molecule has 3 N–H and O–H groups in total. The zero-order valence-corrected chi connectivity index (χ0v) is 10.8. The number of hydrogen-bond acceptors (Lipinski definition) is 3. The molecule has 20 heavy (non-hydrogen) atoms. The van der Waals surface area contributed by atoms with Crippen LogP contribution in [0.5, 0.6) is 0 Å². The van der Waals surface area contributed by atoms with Crippen LogP contribution in [0.1, 0.15) is 17.2 Å². The standard InChI is InChI=1S/C13H16F3N3O/c14-13(15,16)10-4-2-1-3-9(10)11(17)7-19-6-5-18-12(20)8-19/h1-4,11H,5-8,17H2,(H,18,20). The Labute approximate surface area is 114 Å². The SMILES string of the molecule is NC(CN1CCNC(=O)C1)c1ccccc1C(F)(F)F. The van der Waals surface area contributed by atoms with Gasteiger partial charge in [0.1, 0.15) is 0 Å². The summed E-state index contributed by atoms with van der Waals surface area (Å²) in [5.41, 5.74) is 5.24. The fourth-order valence-electron chi connectivity index (χ4n) is 2.30. The summed E-state index contributed by atoms with van der Waals surface area (Å²) in [6.07, 6.45) is -4.42. The van der Waals surface area contributed by atoms with E-state index in [0.717, 1.165) is 6.07 Å². The summed E-state index contributed by atoms with van der Waals surface area (Å²) in [6.45, 7) is 1.47. The molecule has 2 rings (SSSR count). The van der Waals surface area contributed by atoms with E-state index in [1.54, 1.807) is 4.90 Å². The van der Waals surface area contributed by atoms with Crippen molar-refractivity contribution in [3.63, 3.8) is 0 Å². The van der Waals surface area contributed by atoms with Gasteiger partial charge in [-0.25, -0.2) is 0 Å². The molecule has 1 aliphatic heterocycles. The van der Waals surface area contributed by atoms with Crippen LogP contribution < -0.4 is 11.1 Å². The van der Waals surface area contributed by atoms with Crippen LogP contribution in [0.2, 0.25) is 0 Å². The van der Waals surface area contributed by atoms with Crippen LogP contribution in [0.25, 0.3) is 0 Å². The number of amides is 1. The first-order valence-electron chi connectivity index (χ1n) is 6.28. The molecule has 1 atom stereocenters. The Morgan fingerprint density at radius 2 is 2.05 bits per heavy atom. The maximum atomic E-state index is 12.9. The molecule has 0 radical (unpaired) electrons. The van der Waals surface area contributed by atoms with Gasteiger partial charge in [-0.05, 0) is 11.6 Å². The van der Waals surface area contributed by atoms with Gasteiger partial charge in [0.15, 0.2) is 0 Å². The molecule has 0 spiro atoms. The topological polar surface area (TPSA) is 58.4 Å². The normalized spacial score (nSPS) is 18.7. The van der Waals surface area contributed by atoms with Crippen LogP contribution in [-0.2, 0) is 11.0 Å². The number of carbonyl (C=O) groups excluding carboxylic acids is 1. The Morgan fingerprint density at radius 3 is 2.70 bits per heavy atom. The molecule has 0 aromatic heterocycles. The zero-order valence-electron chi connectivity index (χ0n) is 10.8. The quantitative estimate of drug-likeness (QED) is 0.876. The minimum absolute atomic E-state index is 0.0611. The average Bonchev–Trinajstić information content (AvgIpc) is 2.37. The van der Waals surface area contributed by atoms with Gasteiger partial charge in [-0.15, -0.1) is 0 Å². The third kappa shape index (κ3) is 3.49. The molecule has 1 aromatic carbocycles. The Bertz CT molecular complexity index is 490. The Hall–Kier alpha value is -1.60. The summed E-state index contributed by atoms with van der Waals surface area (Å²) in [6, 6.07) is 4.51. The lowest BCUT2D eigenvalue weighted by molar-refractivity contribution is -0.138. The lowest BCUT2D eigenvalue weighted by Gasteiger charge is -2.29. The predicted octanol–water partition coefficient (Wildman–Crippen LogP) is 1.14. The van der Waals surface area contributed by atoms with Crippen LogP contribution in [0.4, 0.5) is 13.2 Å². The molecular formula is C13H16F3N3O. The van der Waals surface area contributed by atoms with Crippen LogP contribution >= 0.6 is 0 Å². The van der Waals surface area contributed by atoms with Gasteiger partial charge in [0.05, 0.1) is 12.1 Å². The van der Waals surface area contributed by atoms with Gasteiger partial charge in [0.2, 0.25) is 5.91 Å². The Kier molecular flexibility index (Phi) is 4.29. The van der Waals surface area contributed by atoms with E-state index >= 15 is 0 Å². The number of piperazine rings is 1. The molecule has 0 saturated carbocycles. The summed E-state index contributed by atoms with van der Waals surface area (Å²) in [5, 5.41) is 2.66. The van der Waals surface area contributed by atoms with Gasteiger partial charge in [0.25, 0.3) is 0 Å². The molecule has 110 valence electrons. The van der Waals surface area contributed by atoms with Crippen molar-refractivity contribution in [2.75, 3.05) is 26.2 Å². The first kappa shape index (κ1) is 14.8. The third-order valence-corrected chi connectivity index (χ3v) is 3.24. The van der Waals surface area contributed by atoms with Gasteiger partial charge in [0, 0.05) is 25.7 Å². The largest absolute Gasteiger partial charge is 0.416 e.